The van der Waals surface area contributed by atoms with Gasteiger partial charge in [0.2, 0.25) is 5.91 Å². The SMILES string of the molecule is COc1cc(Cl)c(C)cc1N1CCN(CC(=O)NCCc2ccccc2)C(=O)C1=O. The van der Waals surface area contributed by atoms with E-state index in [9.17, 15) is 14.4 Å². The lowest BCUT2D eigenvalue weighted by Crippen LogP contribution is -2.56. The standard InChI is InChI=1S/C22H24ClN3O4/c1-15-12-18(19(30-2)13-17(15)23)26-11-10-25(21(28)22(26)29)14-20(27)24-9-8-16-6-4-3-5-7-16/h3-7,12-13H,8-11,14H2,1-2H3,(H,24,27). The third kappa shape index (κ3) is 4.91. The Bertz CT molecular complexity index is 949. The average molecular weight is 430 g/mol. The number of hydrogen-bond acceptors (Lipinski definition) is 4. The number of piperazine rings is 1. The average Bonchev–Trinajstić information content (AvgIpc) is 2.74. The van der Waals surface area contributed by atoms with Crippen molar-refractivity contribution >= 4 is 35.0 Å². The number of ether oxygens (including phenoxy) is 1. The summed E-state index contributed by atoms with van der Waals surface area (Å²) in [6.07, 6.45) is 0.697. The largest absolute Gasteiger partial charge is 0.495 e. The Balaban J connectivity index is 1.59. The molecule has 1 N–H and O–H groups in total. The summed E-state index contributed by atoms with van der Waals surface area (Å²) < 4.78 is 5.32. The van der Waals surface area contributed by atoms with Crippen LogP contribution in [0.5, 0.6) is 5.75 Å². The van der Waals surface area contributed by atoms with E-state index >= 15 is 0 Å². The Labute approximate surface area is 180 Å². The minimum atomic E-state index is -0.714. The molecule has 3 amide bonds. The van der Waals surface area contributed by atoms with E-state index in [0.717, 1.165) is 11.1 Å². The molecule has 0 spiro atoms. The second-order valence-electron chi connectivity index (χ2n) is 7.04. The summed E-state index contributed by atoms with van der Waals surface area (Å²) in [5.41, 5.74) is 2.38. The maximum Gasteiger partial charge on any atom is 0.316 e. The maximum atomic E-state index is 12.7. The summed E-state index contributed by atoms with van der Waals surface area (Å²) >= 11 is 6.13. The fourth-order valence-electron chi connectivity index (χ4n) is 3.30. The highest BCUT2D eigenvalue weighted by Gasteiger charge is 2.35. The first-order valence-electron chi connectivity index (χ1n) is 9.66. The van der Waals surface area contributed by atoms with Crippen LogP contribution in [0.2, 0.25) is 5.02 Å². The molecule has 1 heterocycles. The number of halogens is 1. The molecule has 1 aliphatic rings. The molecule has 1 fully saturated rings. The molecule has 0 saturated carbocycles. The van der Waals surface area contributed by atoms with Crippen LogP contribution in [-0.4, -0.2) is 55.9 Å². The molecule has 1 saturated heterocycles. The van der Waals surface area contributed by atoms with Crippen LogP contribution in [0.25, 0.3) is 0 Å². The molecular formula is C22H24ClN3O4. The normalized spacial score (nSPS) is 14.1. The van der Waals surface area contributed by atoms with E-state index in [0.29, 0.717) is 29.4 Å². The Kier molecular flexibility index (Phi) is 6.95. The Hall–Kier alpha value is -3.06. The first-order chi connectivity index (χ1) is 14.4. The monoisotopic (exact) mass is 429 g/mol. The van der Waals surface area contributed by atoms with Crippen molar-refractivity contribution in [1.82, 2.24) is 10.2 Å². The van der Waals surface area contributed by atoms with Gasteiger partial charge < -0.3 is 15.0 Å². The third-order valence-electron chi connectivity index (χ3n) is 4.97. The van der Waals surface area contributed by atoms with Gasteiger partial charge in [0.1, 0.15) is 12.3 Å². The molecule has 8 heteroatoms. The summed E-state index contributed by atoms with van der Waals surface area (Å²) in [7, 11) is 1.48. The van der Waals surface area contributed by atoms with Gasteiger partial charge in [-0.2, -0.15) is 0 Å². The van der Waals surface area contributed by atoms with Crippen molar-refractivity contribution in [3.63, 3.8) is 0 Å². The van der Waals surface area contributed by atoms with E-state index in [1.54, 1.807) is 12.1 Å². The Morgan fingerprint density at radius 3 is 2.57 bits per heavy atom. The van der Waals surface area contributed by atoms with Crippen molar-refractivity contribution in [2.75, 3.05) is 38.2 Å². The summed E-state index contributed by atoms with van der Waals surface area (Å²) in [5, 5.41) is 3.31. The van der Waals surface area contributed by atoms with Gasteiger partial charge in [0, 0.05) is 30.7 Å². The molecule has 3 rings (SSSR count). The smallest absolute Gasteiger partial charge is 0.316 e. The van der Waals surface area contributed by atoms with E-state index in [1.165, 1.54) is 16.9 Å². The predicted octanol–water partition coefficient (Wildman–Crippen LogP) is 2.19. The van der Waals surface area contributed by atoms with Gasteiger partial charge in [-0.3, -0.25) is 19.3 Å². The molecule has 30 heavy (non-hydrogen) atoms. The zero-order chi connectivity index (χ0) is 21.7. The highest BCUT2D eigenvalue weighted by molar-refractivity contribution is 6.41. The maximum absolute atomic E-state index is 12.7. The van der Waals surface area contributed by atoms with Gasteiger partial charge in [0.25, 0.3) is 0 Å². The first-order valence-corrected chi connectivity index (χ1v) is 10.0. The summed E-state index contributed by atoms with van der Waals surface area (Å²) in [6, 6.07) is 13.1. The molecule has 0 aliphatic carbocycles. The summed E-state index contributed by atoms with van der Waals surface area (Å²) in [5.74, 6) is -1.29. The topological polar surface area (TPSA) is 79.0 Å². The van der Waals surface area contributed by atoms with Gasteiger partial charge in [0.15, 0.2) is 0 Å². The van der Waals surface area contributed by atoms with Gasteiger partial charge in [-0.25, -0.2) is 0 Å². The molecule has 0 radical (unpaired) electrons. The van der Waals surface area contributed by atoms with E-state index < -0.39 is 11.8 Å². The van der Waals surface area contributed by atoms with Crippen molar-refractivity contribution in [2.45, 2.75) is 13.3 Å². The van der Waals surface area contributed by atoms with Crippen LogP contribution in [-0.2, 0) is 20.8 Å². The number of aryl methyl sites for hydroxylation is 1. The number of benzene rings is 2. The minimum Gasteiger partial charge on any atom is -0.495 e. The lowest BCUT2D eigenvalue weighted by atomic mass is 10.1. The first kappa shape index (κ1) is 21.6. The fourth-order valence-corrected chi connectivity index (χ4v) is 3.45. The summed E-state index contributed by atoms with van der Waals surface area (Å²) in [6.45, 7) is 2.64. The number of nitrogens with one attached hydrogen (secondary N) is 1. The molecule has 7 nitrogen and oxygen atoms in total. The van der Waals surface area contributed by atoms with Crippen LogP contribution < -0.4 is 15.0 Å². The van der Waals surface area contributed by atoms with E-state index in [2.05, 4.69) is 5.32 Å². The van der Waals surface area contributed by atoms with E-state index in [4.69, 9.17) is 16.3 Å². The zero-order valence-electron chi connectivity index (χ0n) is 17.0. The number of hydrogen-bond donors (Lipinski definition) is 1. The number of anilines is 1. The van der Waals surface area contributed by atoms with Crippen molar-refractivity contribution in [3.8, 4) is 5.75 Å². The predicted molar refractivity (Wildman–Crippen MR) is 115 cm³/mol. The van der Waals surface area contributed by atoms with Gasteiger partial charge in [-0.15, -0.1) is 0 Å². The van der Waals surface area contributed by atoms with Crippen LogP contribution in [0.15, 0.2) is 42.5 Å². The molecule has 1 aliphatic heterocycles. The van der Waals surface area contributed by atoms with Gasteiger partial charge in [-0.05, 0) is 30.5 Å². The second-order valence-corrected chi connectivity index (χ2v) is 7.45. The highest BCUT2D eigenvalue weighted by Crippen LogP contribution is 2.34. The molecule has 0 aromatic heterocycles. The van der Waals surface area contributed by atoms with Gasteiger partial charge in [0.05, 0.1) is 12.8 Å². The molecule has 0 atom stereocenters. The number of amides is 3. The van der Waals surface area contributed by atoms with E-state index in [1.807, 2.05) is 37.3 Å². The number of carbonyl (C=O) groups excluding carboxylic acids is 3. The molecule has 158 valence electrons. The van der Waals surface area contributed by atoms with Crippen molar-refractivity contribution < 1.29 is 19.1 Å². The number of rotatable bonds is 7. The van der Waals surface area contributed by atoms with Crippen molar-refractivity contribution in [1.29, 1.82) is 0 Å². The third-order valence-corrected chi connectivity index (χ3v) is 5.38. The lowest BCUT2D eigenvalue weighted by molar-refractivity contribution is -0.147. The van der Waals surface area contributed by atoms with E-state index in [-0.39, 0.29) is 25.5 Å². The molecule has 0 bridgehead atoms. The van der Waals surface area contributed by atoms with Gasteiger partial charge in [-0.1, -0.05) is 41.9 Å². The minimum absolute atomic E-state index is 0.149. The number of carbonyl (C=O) groups is 3. The van der Waals surface area contributed by atoms with Crippen LogP contribution in [0.3, 0.4) is 0 Å². The number of methoxy groups -OCH3 is 1. The molecule has 0 unspecified atom stereocenters. The Morgan fingerprint density at radius 1 is 1.13 bits per heavy atom. The van der Waals surface area contributed by atoms with Crippen LogP contribution in [0.4, 0.5) is 5.69 Å². The van der Waals surface area contributed by atoms with Crippen LogP contribution in [0.1, 0.15) is 11.1 Å². The van der Waals surface area contributed by atoms with Crippen molar-refractivity contribution in [3.05, 3.63) is 58.6 Å². The fraction of sp³-hybridized carbons (Fsp3) is 0.318. The Morgan fingerprint density at radius 2 is 1.87 bits per heavy atom. The second kappa shape index (κ2) is 9.63. The molecular weight excluding hydrogens is 406 g/mol. The van der Waals surface area contributed by atoms with Crippen molar-refractivity contribution in [2.24, 2.45) is 0 Å². The highest BCUT2D eigenvalue weighted by atomic mass is 35.5. The lowest BCUT2D eigenvalue weighted by Gasteiger charge is -2.34. The number of nitrogens with zero attached hydrogens (tertiary/aromatic N) is 2. The zero-order valence-corrected chi connectivity index (χ0v) is 17.7. The molecule has 2 aromatic carbocycles. The van der Waals surface area contributed by atoms with Crippen LogP contribution in [0, 0.1) is 6.92 Å². The van der Waals surface area contributed by atoms with Gasteiger partial charge >= 0.3 is 11.8 Å². The van der Waals surface area contributed by atoms with Crippen LogP contribution >= 0.6 is 11.6 Å². The quantitative estimate of drug-likeness (QED) is 0.684. The molecule has 2 aromatic rings. The summed E-state index contributed by atoms with van der Waals surface area (Å²) in [4.78, 5) is 40.1.